The number of rotatable bonds is 3. The quantitative estimate of drug-likeness (QED) is 0.672. The summed E-state index contributed by atoms with van der Waals surface area (Å²) in [6, 6.07) is 0. The van der Waals surface area contributed by atoms with Crippen LogP contribution in [-0.4, -0.2) is 42.3 Å². The zero-order chi connectivity index (χ0) is 5.70. The molecule has 0 aliphatic rings. The van der Waals surface area contributed by atoms with Gasteiger partial charge in [0.2, 0.25) is 0 Å². The van der Waals surface area contributed by atoms with Crippen LogP contribution >= 0.6 is 0 Å². The molecule has 3 heteroatoms. The second kappa shape index (κ2) is 5.69. The molecule has 0 saturated carbocycles. The molecule has 1 atom stereocenters. The molecule has 0 fully saturated rings. The first-order valence-electron chi connectivity index (χ1n) is 2.21. The Balaban J connectivity index is 2.68. The Morgan fingerprint density at radius 3 is 2.43 bits per heavy atom. The van der Waals surface area contributed by atoms with Gasteiger partial charge in [-0.25, -0.2) is 0 Å². The van der Waals surface area contributed by atoms with E-state index in [1.807, 2.05) is 0 Å². The number of hydrogen-bond acceptors (Lipinski definition) is 0. The summed E-state index contributed by atoms with van der Waals surface area (Å²) in [5, 5.41) is 1.42. The second-order valence-corrected chi connectivity index (χ2v) is 12.3. The zero-order valence-electron chi connectivity index (χ0n) is 4.51. The molecular weight excluding hydrogens is 285 g/mol. The molecule has 0 amide bonds. The van der Waals surface area contributed by atoms with Crippen molar-refractivity contribution in [2.45, 2.75) is 22.9 Å². The van der Waals surface area contributed by atoms with Crippen LogP contribution in [0.5, 0.6) is 0 Å². The van der Waals surface area contributed by atoms with Gasteiger partial charge in [0.25, 0.3) is 0 Å². The van der Waals surface area contributed by atoms with E-state index >= 15 is 0 Å². The Morgan fingerprint density at radius 1 is 1.71 bits per heavy atom. The molecule has 0 saturated heterocycles. The fourth-order valence-corrected chi connectivity index (χ4v) is 7.57. The molecule has 7 heavy (non-hydrogen) atoms. The van der Waals surface area contributed by atoms with Crippen molar-refractivity contribution in [3.63, 3.8) is 0 Å². The maximum absolute atomic E-state index is 3.12. The third kappa shape index (κ3) is 7.56. The van der Waals surface area contributed by atoms with E-state index in [1.165, 1.54) is 5.32 Å². The summed E-state index contributed by atoms with van der Waals surface area (Å²) in [4.78, 5) is 0. The molecule has 0 aromatic rings. The standard InChI is InChI=1S/C4H9Se3/c1-3-6-7-4(2)5/h4H,3H2,1-2H3. The van der Waals surface area contributed by atoms with E-state index in [-0.39, 0.29) is 0 Å². The third-order valence-corrected chi connectivity index (χ3v) is 13.1. The molecule has 1 radical (unpaired) electrons. The van der Waals surface area contributed by atoms with E-state index in [2.05, 4.69) is 29.9 Å². The van der Waals surface area contributed by atoms with Crippen LogP contribution in [0.2, 0.25) is 9.03 Å². The topological polar surface area (TPSA) is 0 Å². The molecule has 43 valence electrons. The molecule has 0 aromatic heterocycles. The van der Waals surface area contributed by atoms with Crippen LogP contribution in [0.1, 0.15) is 13.8 Å². The van der Waals surface area contributed by atoms with Gasteiger partial charge in [0.1, 0.15) is 0 Å². The van der Waals surface area contributed by atoms with Crippen molar-refractivity contribution >= 4 is 42.3 Å². The van der Waals surface area contributed by atoms with Gasteiger partial charge < -0.3 is 0 Å². The van der Waals surface area contributed by atoms with Gasteiger partial charge >= 0.3 is 65.2 Å². The third-order valence-electron chi connectivity index (χ3n) is 0.321. The van der Waals surface area contributed by atoms with E-state index in [1.54, 1.807) is 0 Å². The van der Waals surface area contributed by atoms with Gasteiger partial charge in [-0.05, 0) is 0 Å². The van der Waals surface area contributed by atoms with Gasteiger partial charge in [0.05, 0.1) is 0 Å². The average molecular weight is 294 g/mol. The Kier molecular flexibility index (Phi) is 6.96. The summed E-state index contributed by atoms with van der Waals surface area (Å²) in [7, 11) is 0. The predicted octanol–water partition coefficient (Wildman–Crippen LogP) is 0.682. The van der Waals surface area contributed by atoms with Gasteiger partial charge in [0.15, 0.2) is 0 Å². The van der Waals surface area contributed by atoms with Gasteiger partial charge in [-0.2, -0.15) is 0 Å². The molecule has 0 heterocycles. The van der Waals surface area contributed by atoms with Crippen LogP contribution in [-0.2, 0) is 0 Å². The van der Waals surface area contributed by atoms with Crippen molar-refractivity contribution in [2.24, 2.45) is 0 Å². The average Bonchev–Trinajstić information content (AvgIpc) is 1.61. The Morgan fingerprint density at radius 2 is 2.29 bits per heavy atom. The molecule has 0 bridgehead atoms. The molecule has 0 spiro atoms. The molecule has 0 rings (SSSR count). The molecule has 0 N–H and O–H groups in total. The Bertz CT molecular complexity index is 35.9. The van der Waals surface area contributed by atoms with Gasteiger partial charge in [-0.15, -0.1) is 0 Å². The first-order chi connectivity index (χ1) is 3.27. The van der Waals surface area contributed by atoms with E-state index in [0.29, 0.717) is 0 Å². The van der Waals surface area contributed by atoms with Crippen molar-refractivity contribution in [3.8, 4) is 0 Å². The summed E-state index contributed by atoms with van der Waals surface area (Å²) in [6.07, 6.45) is 0. The first-order valence-corrected chi connectivity index (χ1v) is 9.73. The first kappa shape index (κ1) is 8.56. The Labute approximate surface area is 64.9 Å². The zero-order valence-corrected chi connectivity index (χ0v) is 9.65. The summed E-state index contributed by atoms with van der Waals surface area (Å²) in [5.74, 6) is 0. The van der Waals surface area contributed by atoms with E-state index < -0.39 is 0 Å². The van der Waals surface area contributed by atoms with Crippen LogP contribution < -0.4 is 0 Å². The van der Waals surface area contributed by atoms with Gasteiger partial charge in [-0.3, -0.25) is 0 Å². The minimum absolute atomic E-state index is 0.868. The normalized spacial score (nSPS) is 14.1. The monoisotopic (exact) mass is 297 g/mol. The molecule has 0 aliphatic heterocycles. The van der Waals surface area contributed by atoms with Crippen molar-refractivity contribution < 1.29 is 0 Å². The fourth-order valence-electron chi connectivity index (χ4n) is 0.164. The molecule has 0 aromatic carbocycles. The summed E-state index contributed by atoms with van der Waals surface area (Å²) in [5.41, 5.74) is 0. The molecule has 1 unspecified atom stereocenters. The molecule has 0 nitrogen and oxygen atoms in total. The number of hydrogen-bond donors (Lipinski definition) is 0. The van der Waals surface area contributed by atoms with Crippen molar-refractivity contribution in [3.05, 3.63) is 0 Å². The van der Waals surface area contributed by atoms with Crippen molar-refractivity contribution in [1.82, 2.24) is 0 Å². The predicted molar refractivity (Wildman–Crippen MR) is 37.2 cm³/mol. The van der Waals surface area contributed by atoms with E-state index in [0.717, 1.165) is 30.0 Å². The molecule has 0 aliphatic carbocycles. The van der Waals surface area contributed by atoms with E-state index in [9.17, 15) is 0 Å². The molecular formula is C4H9Se3. The van der Waals surface area contributed by atoms with Crippen LogP contribution in [0, 0.1) is 0 Å². The van der Waals surface area contributed by atoms with Crippen molar-refractivity contribution in [1.29, 1.82) is 0 Å². The van der Waals surface area contributed by atoms with Gasteiger partial charge in [0, 0.05) is 0 Å². The Hall–Kier alpha value is 1.56. The van der Waals surface area contributed by atoms with Crippen LogP contribution in [0.15, 0.2) is 0 Å². The van der Waals surface area contributed by atoms with Crippen LogP contribution in [0.4, 0.5) is 0 Å². The maximum atomic E-state index is 3.12. The summed E-state index contributed by atoms with van der Waals surface area (Å²) in [6.45, 7) is 4.53. The second-order valence-electron chi connectivity index (χ2n) is 1.07. The van der Waals surface area contributed by atoms with E-state index in [4.69, 9.17) is 0 Å². The minimum atomic E-state index is 0.868. The fraction of sp³-hybridized carbons (Fsp3) is 1.00. The summed E-state index contributed by atoms with van der Waals surface area (Å²) < 4.78 is 0.868. The summed E-state index contributed by atoms with van der Waals surface area (Å²) >= 11 is 5.02. The van der Waals surface area contributed by atoms with Crippen LogP contribution in [0.25, 0.3) is 0 Å². The van der Waals surface area contributed by atoms with Crippen LogP contribution in [0.3, 0.4) is 0 Å². The SMILES string of the molecule is CC[Se][Se]C(C)[Se]. The van der Waals surface area contributed by atoms with Crippen molar-refractivity contribution in [2.75, 3.05) is 0 Å². The van der Waals surface area contributed by atoms with Gasteiger partial charge in [-0.1, -0.05) is 0 Å².